The molecule has 1 saturated carbocycles. The Morgan fingerprint density at radius 3 is 3.03 bits per heavy atom. The third-order valence-corrected chi connectivity index (χ3v) is 6.29. The van der Waals surface area contributed by atoms with Crippen LogP contribution >= 0.6 is 0 Å². The van der Waals surface area contributed by atoms with E-state index in [0.29, 0.717) is 24.9 Å². The first-order chi connectivity index (χ1) is 14.2. The average Bonchev–Trinajstić information content (AvgIpc) is 3.35. The van der Waals surface area contributed by atoms with Crippen molar-refractivity contribution < 1.29 is 9.53 Å². The first-order valence-corrected chi connectivity index (χ1v) is 11.1. The van der Waals surface area contributed by atoms with Gasteiger partial charge < -0.3 is 20.3 Å². The number of nitrogens with one attached hydrogen (secondary N) is 2. The summed E-state index contributed by atoms with van der Waals surface area (Å²) in [5, 5.41) is 6.46. The molecule has 3 fully saturated rings. The number of aromatic nitrogens is 1. The summed E-state index contributed by atoms with van der Waals surface area (Å²) in [6, 6.07) is 4.02. The number of hydrogen-bond acceptors (Lipinski definition) is 4. The molecule has 3 heterocycles. The zero-order valence-electron chi connectivity index (χ0n) is 17.5. The van der Waals surface area contributed by atoms with Crippen molar-refractivity contribution in [2.45, 2.75) is 64.5 Å². The van der Waals surface area contributed by atoms with Gasteiger partial charge in [-0.25, -0.2) is 9.98 Å². The molecule has 1 unspecified atom stereocenters. The third kappa shape index (κ3) is 5.00. The molecule has 1 spiro atoms. The van der Waals surface area contributed by atoms with Gasteiger partial charge in [0.2, 0.25) is 11.8 Å². The molecule has 1 aliphatic carbocycles. The predicted octanol–water partition coefficient (Wildman–Crippen LogP) is 2.47. The van der Waals surface area contributed by atoms with Crippen LogP contribution in [0, 0.1) is 5.41 Å². The van der Waals surface area contributed by atoms with Crippen molar-refractivity contribution >= 4 is 11.9 Å². The van der Waals surface area contributed by atoms with Crippen LogP contribution in [0.4, 0.5) is 0 Å². The fraction of sp³-hybridized carbons (Fsp3) is 0.682. The van der Waals surface area contributed by atoms with E-state index in [-0.39, 0.29) is 11.3 Å². The number of rotatable bonds is 5. The zero-order valence-corrected chi connectivity index (χ0v) is 17.5. The Morgan fingerprint density at radius 2 is 2.28 bits per heavy atom. The minimum Gasteiger partial charge on any atom is -0.474 e. The van der Waals surface area contributed by atoms with Gasteiger partial charge in [0.25, 0.3) is 0 Å². The average molecular weight is 400 g/mol. The maximum Gasteiger partial charge on any atom is 0.220 e. The standard InChI is InChI=1S/C22H33N5O2/c1-2-23-21(27-11-5-9-22(16-27)13-19(28)26-15-22)25-14-17-8-10-24-20(12-17)29-18-6-3-4-7-18/h8,10,12,18H,2-7,9,11,13-16H2,1H3,(H,23,25)(H,26,28). The maximum absolute atomic E-state index is 11.8. The summed E-state index contributed by atoms with van der Waals surface area (Å²) in [7, 11) is 0. The van der Waals surface area contributed by atoms with Gasteiger partial charge >= 0.3 is 0 Å². The van der Waals surface area contributed by atoms with Crippen molar-refractivity contribution in [1.82, 2.24) is 20.5 Å². The molecule has 1 aromatic rings. The van der Waals surface area contributed by atoms with Crippen molar-refractivity contribution in [3.63, 3.8) is 0 Å². The number of amides is 1. The van der Waals surface area contributed by atoms with E-state index in [1.165, 1.54) is 12.8 Å². The van der Waals surface area contributed by atoms with Crippen LogP contribution in [0.3, 0.4) is 0 Å². The molecule has 7 nitrogen and oxygen atoms in total. The highest BCUT2D eigenvalue weighted by Crippen LogP contribution is 2.36. The molecule has 0 bridgehead atoms. The number of piperidine rings is 1. The summed E-state index contributed by atoms with van der Waals surface area (Å²) in [4.78, 5) is 23.4. The van der Waals surface area contributed by atoms with Gasteiger partial charge in [0.05, 0.1) is 6.54 Å². The molecule has 1 atom stereocenters. The van der Waals surface area contributed by atoms with E-state index in [1.807, 2.05) is 18.3 Å². The Hall–Kier alpha value is -2.31. The van der Waals surface area contributed by atoms with E-state index in [0.717, 1.165) is 63.4 Å². The van der Waals surface area contributed by atoms with Gasteiger partial charge in [-0.05, 0) is 57.1 Å². The highest BCUT2D eigenvalue weighted by molar-refractivity contribution is 5.81. The first kappa shape index (κ1) is 20.0. The van der Waals surface area contributed by atoms with Crippen LogP contribution in [0.15, 0.2) is 23.3 Å². The lowest BCUT2D eigenvalue weighted by Gasteiger charge is -2.40. The second-order valence-corrected chi connectivity index (χ2v) is 8.68. The molecule has 1 amide bonds. The Morgan fingerprint density at radius 1 is 1.41 bits per heavy atom. The quantitative estimate of drug-likeness (QED) is 0.587. The van der Waals surface area contributed by atoms with E-state index >= 15 is 0 Å². The van der Waals surface area contributed by atoms with E-state index in [4.69, 9.17) is 9.73 Å². The van der Waals surface area contributed by atoms with Gasteiger partial charge in [-0.2, -0.15) is 0 Å². The summed E-state index contributed by atoms with van der Waals surface area (Å²) < 4.78 is 6.04. The number of ether oxygens (including phenoxy) is 1. The van der Waals surface area contributed by atoms with E-state index in [2.05, 4.69) is 27.4 Å². The number of hydrogen-bond donors (Lipinski definition) is 2. The normalized spacial score (nSPS) is 25.5. The fourth-order valence-electron chi connectivity index (χ4n) is 4.81. The largest absolute Gasteiger partial charge is 0.474 e. The number of guanidine groups is 1. The fourth-order valence-corrected chi connectivity index (χ4v) is 4.81. The highest BCUT2D eigenvalue weighted by atomic mass is 16.5. The summed E-state index contributed by atoms with van der Waals surface area (Å²) >= 11 is 0. The lowest BCUT2D eigenvalue weighted by atomic mass is 9.79. The van der Waals surface area contributed by atoms with E-state index in [1.54, 1.807) is 0 Å². The second kappa shape index (κ2) is 9.01. The molecular formula is C22H33N5O2. The van der Waals surface area contributed by atoms with Crippen LogP contribution in [0.25, 0.3) is 0 Å². The summed E-state index contributed by atoms with van der Waals surface area (Å²) in [5.41, 5.74) is 1.16. The molecule has 2 N–H and O–H groups in total. The number of carbonyl (C=O) groups is 1. The zero-order chi connectivity index (χ0) is 20.1. The van der Waals surface area contributed by atoms with Crippen molar-refractivity contribution in [3.8, 4) is 5.88 Å². The molecule has 1 aromatic heterocycles. The number of nitrogens with zero attached hydrogens (tertiary/aromatic N) is 3. The number of pyridine rings is 1. The number of carbonyl (C=O) groups excluding carboxylic acids is 1. The van der Waals surface area contributed by atoms with Crippen molar-refractivity contribution in [2.24, 2.45) is 10.4 Å². The minimum absolute atomic E-state index is 0.0600. The number of aliphatic imine (C=N–C) groups is 1. The molecule has 158 valence electrons. The molecule has 3 aliphatic rings. The SMILES string of the molecule is CCNC(=NCc1ccnc(OC2CCCC2)c1)N1CCCC2(CNC(=O)C2)C1. The molecule has 2 aliphatic heterocycles. The van der Waals surface area contributed by atoms with E-state index < -0.39 is 0 Å². The molecule has 29 heavy (non-hydrogen) atoms. The predicted molar refractivity (Wildman–Crippen MR) is 113 cm³/mol. The van der Waals surface area contributed by atoms with Crippen LogP contribution < -0.4 is 15.4 Å². The van der Waals surface area contributed by atoms with Gasteiger partial charge in [0.15, 0.2) is 5.96 Å². The first-order valence-electron chi connectivity index (χ1n) is 11.1. The number of likely N-dealkylation sites (tertiary alicyclic amines) is 1. The minimum atomic E-state index is 0.0600. The van der Waals surface area contributed by atoms with Crippen LogP contribution in [0.1, 0.15) is 57.4 Å². The lowest BCUT2D eigenvalue weighted by Crippen LogP contribution is -2.51. The van der Waals surface area contributed by atoms with Crippen LogP contribution in [-0.4, -0.2) is 54.0 Å². The van der Waals surface area contributed by atoms with Gasteiger partial charge in [0.1, 0.15) is 6.10 Å². The van der Waals surface area contributed by atoms with Gasteiger partial charge in [-0.15, -0.1) is 0 Å². The summed E-state index contributed by atoms with van der Waals surface area (Å²) in [6.45, 7) is 6.15. The molecule has 7 heteroatoms. The van der Waals surface area contributed by atoms with Crippen molar-refractivity contribution in [1.29, 1.82) is 0 Å². The van der Waals surface area contributed by atoms with Crippen LogP contribution in [0.2, 0.25) is 0 Å². The maximum atomic E-state index is 11.8. The van der Waals surface area contributed by atoms with Crippen molar-refractivity contribution in [3.05, 3.63) is 23.9 Å². The molecule has 2 saturated heterocycles. The Labute approximate surface area is 173 Å². The Balaban J connectivity index is 1.42. The second-order valence-electron chi connectivity index (χ2n) is 8.68. The topological polar surface area (TPSA) is 78.9 Å². The van der Waals surface area contributed by atoms with Crippen LogP contribution in [0.5, 0.6) is 5.88 Å². The molecule has 0 radical (unpaired) electrons. The van der Waals surface area contributed by atoms with Gasteiger partial charge in [0, 0.05) is 50.3 Å². The van der Waals surface area contributed by atoms with Gasteiger partial charge in [-0.3, -0.25) is 4.79 Å². The van der Waals surface area contributed by atoms with Gasteiger partial charge in [-0.1, -0.05) is 0 Å². The summed E-state index contributed by atoms with van der Waals surface area (Å²) in [5.74, 6) is 1.82. The molecule has 4 rings (SSSR count). The Bertz CT molecular complexity index is 746. The van der Waals surface area contributed by atoms with Crippen LogP contribution in [-0.2, 0) is 11.3 Å². The van der Waals surface area contributed by atoms with Crippen molar-refractivity contribution in [2.75, 3.05) is 26.2 Å². The lowest BCUT2D eigenvalue weighted by molar-refractivity contribution is -0.119. The van der Waals surface area contributed by atoms with E-state index in [9.17, 15) is 4.79 Å². The monoisotopic (exact) mass is 399 g/mol. The third-order valence-electron chi connectivity index (χ3n) is 6.29. The molecule has 0 aromatic carbocycles. The Kier molecular flexibility index (Phi) is 6.21. The highest BCUT2D eigenvalue weighted by Gasteiger charge is 2.42. The summed E-state index contributed by atoms with van der Waals surface area (Å²) in [6.07, 6.45) is 9.71. The smallest absolute Gasteiger partial charge is 0.220 e. The molecular weight excluding hydrogens is 366 g/mol.